The van der Waals surface area contributed by atoms with E-state index in [-0.39, 0.29) is 12.1 Å². The first kappa shape index (κ1) is 10.1. The van der Waals surface area contributed by atoms with Crippen molar-refractivity contribution < 1.29 is 8.42 Å². The van der Waals surface area contributed by atoms with Gasteiger partial charge in [-0.3, -0.25) is 0 Å². The summed E-state index contributed by atoms with van der Waals surface area (Å²) >= 11 is 0. The predicted molar refractivity (Wildman–Crippen MR) is 64.4 cm³/mol. The number of benzene rings is 1. The largest absolute Gasteiger partial charge is 0.243 e. The van der Waals surface area contributed by atoms with Gasteiger partial charge in [0.15, 0.2) is 0 Å². The van der Waals surface area contributed by atoms with Crippen LogP contribution in [0.5, 0.6) is 0 Å². The van der Waals surface area contributed by atoms with E-state index in [1.807, 2.05) is 13.0 Å². The first-order valence-corrected chi connectivity index (χ1v) is 7.67. The third-order valence-corrected chi connectivity index (χ3v) is 6.64. The molecule has 1 aromatic carbocycles. The molecule has 0 radical (unpaired) electrons. The normalized spacial score (nSPS) is 40.3. The monoisotopic (exact) mass is 249 g/mol. The van der Waals surface area contributed by atoms with E-state index in [0.717, 1.165) is 30.4 Å². The van der Waals surface area contributed by atoms with Crippen molar-refractivity contribution in [2.75, 3.05) is 0 Å². The number of fused-ring (bicyclic) bond motifs is 2. The van der Waals surface area contributed by atoms with Gasteiger partial charge in [-0.2, -0.15) is 4.31 Å². The Morgan fingerprint density at radius 1 is 1.29 bits per heavy atom. The zero-order valence-corrected chi connectivity index (χ0v) is 10.6. The highest BCUT2D eigenvalue weighted by Gasteiger charge is 2.56. The van der Waals surface area contributed by atoms with Gasteiger partial charge in [-0.25, -0.2) is 8.42 Å². The summed E-state index contributed by atoms with van der Waals surface area (Å²) in [5.74, 6) is 0.451. The molecule has 3 aliphatic rings. The molecule has 2 saturated heterocycles. The zero-order chi connectivity index (χ0) is 11.8. The Kier molecular flexibility index (Phi) is 1.74. The number of hydrogen-bond donors (Lipinski definition) is 0. The van der Waals surface area contributed by atoms with Gasteiger partial charge < -0.3 is 0 Å². The summed E-state index contributed by atoms with van der Waals surface area (Å²) in [6, 6.07) is 6.30. The van der Waals surface area contributed by atoms with E-state index < -0.39 is 10.0 Å². The van der Waals surface area contributed by atoms with Crippen LogP contribution in [-0.2, 0) is 10.0 Å². The molecule has 1 aromatic rings. The lowest BCUT2D eigenvalue weighted by Gasteiger charge is -2.31. The summed E-state index contributed by atoms with van der Waals surface area (Å²) in [5.41, 5.74) is 2.24. The molecule has 3 aliphatic heterocycles. The van der Waals surface area contributed by atoms with Crippen LogP contribution < -0.4 is 0 Å². The minimum atomic E-state index is -3.21. The quantitative estimate of drug-likeness (QED) is 0.705. The van der Waals surface area contributed by atoms with E-state index in [1.54, 1.807) is 10.4 Å². The predicted octanol–water partition coefficient (Wildman–Crippen LogP) is 2.02. The van der Waals surface area contributed by atoms with Crippen LogP contribution in [0.1, 0.15) is 36.3 Å². The molecule has 4 bridgehead atoms. The molecule has 1 unspecified atom stereocenters. The number of aryl methyl sites for hydroxylation is 1. The Morgan fingerprint density at radius 3 is 2.94 bits per heavy atom. The maximum absolute atomic E-state index is 12.6. The fourth-order valence-corrected chi connectivity index (χ4v) is 6.12. The van der Waals surface area contributed by atoms with Crippen molar-refractivity contribution >= 4 is 10.0 Å². The van der Waals surface area contributed by atoms with E-state index >= 15 is 0 Å². The van der Waals surface area contributed by atoms with Crippen molar-refractivity contribution in [3.63, 3.8) is 0 Å². The van der Waals surface area contributed by atoms with E-state index in [2.05, 4.69) is 6.07 Å². The molecule has 0 aliphatic carbocycles. The molecule has 3 nitrogen and oxygen atoms in total. The molecule has 90 valence electrons. The summed E-state index contributed by atoms with van der Waals surface area (Å²) in [5, 5.41) is 0. The molecule has 0 aromatic heterocycles. The average Bonchev–Trinajstić information content (AvgIpc) is 2.83. The smallest absolute Gasteiger partial charge is 0.207 e. The molecular formula is C13H15NO2S. The Labute approximate surface area is 101 Å². The van der Waals surface area contributed by atoms with Gasteiger partial charge in [0, 0.05) is 18.0 Å². The molecule has 4 rings (SSSR count). The second kappa shape index (κ2) is 2.93. The number of nitrogens with zero attached hydrogens (tertiary/aromatic N) is 1. The van der Waals surface area contributed by atoms with Crippen LogP contribution in [-0.4, -0.2) is 24.8 Å². The lowest BCUT2D eigenvalue weighted by Crippen LogP contribution is -2.39. The summed E-state index contributed by atoms with van der Waals surface area (Å²) in [4.78, 5) is 0.564. The van der Waals surface area contributed by atoms with Gasteiger partial charge in [0.05, 0.1) is 4.90 Å². The standard InChI is InChI=1S/C13H15NO2S/c1-8-2-5-13-11(6-8)10-7-9-3-4-12(10)14(9)17(13,15)16/h2,5-6,9-10,12H,3-4,7H2,1H3/t9-,10+,12+/m0/s1. The van der Waals surface area contributed by atoms with Gasteiger partial charge in [0.1, 0.15) is 0 Å². The van der Waals surface area contributed by atoms with Crippen molar-refractivity contribution in [3.8, 4) is 0 Å². The maximum Gasteiger partial charge on any atom is 0.243 e. The molecule has 0 N–H and O–H groups in total. The van der Waals surface area contributed by atoms with Gasteiger partial charge in [0.25, 0.3) is 0 Å². The van der Waals surface area contributed by atoms with Crippen LogP contribution in [0.4, 0.5) is 0 Å². The Bertz CT molecular complexity index is 608. The van der Waals surface area contributed by atoms with Crippen LogP contribution in [0.25, 0.3) is 0 Å². The molecule has 0 saturated carbocycles. The summed E-state index contributed by atoms with van der Waals surface area (Å²) in [7, 11) is -3.21. The summed E-state index contributed by atoms with van der Waals surface area (Å²) in [6.45, 7) is 2.03. The zero-order valence-electron chi connectivity index (χ0n) is 9.76. The third-order valence-electron chi connectivity index (χ3n) is 4.59. The molecule has 3 heterocycles. The Hall–Kier alpha value is -0.870. The van der Waals surface area contributed by atoms with Crippen LogP contribution in [0.2, 0.25) is 0 Å². The number of hydrogen-bond acceptors (Lipinski definition) is 2. The highest BCUT2D eigenvalue weighted by atomic mass is 32.2. The van der Waals surface area contributed by atoms with Crippen molar-refractivity contribution in [3.05, 3.63) is 29.3 Å². The average molecular weight is 249 g/mol. The topological polar surface area (TPSA) is 37.4 Å². The summed E-state index contributed by atoms with van der Waals surface area (Å²) < 4.78 is 26.9. The molecule has 0 spiro atoms. The SMILES string of the molecule is Cc1ccc2c(c1)[C@H]1C[C@@H]3CC[C@H]1N3S2(=O)=O. The van der Waals surface area contributed by atoms with E-state index in [1.165, 1.54) is 0 Å². The van der Waals surface area contributed by atoms with Crippen molar-refractivity contribution in [1.82, 2.24) is 4.31 Å². The maximum atomic E-state index is 12.6. The van der Waals surface area contributed by atoms with Crippen molar-refractivity contribution in [1.29, 1.82) is 0 Å². The highest BCUT2D eigenvalue weighted by Crippen LogP contribution is 2.54. The van der Waals surface area contributed by atoms with Gasteiger partial charge in [0.2, 0.25) is 10.0 Å². The molecule has 4 heteroatoms. The third kappa shape index (κ3) is 1.08. The Balaban J connectivity index is 2.04. The second-order valence-electron chi connectivity index (χ2n) is 5.52. The first-order valence-electron chi connectivity index (χ1n) is 6.23. The summed E-state index contributed by atoms with van der Waals surface area (Å²) in [6.07, 6.45) is 3.12. The lowest BCUT2D eigenvalue weighted by atomic mass is 9.83. The fraction of sp³-hybridized carbons (Fsp3) is 0.538. The number of sulfonamides is 1. The van der Waals surface area contributed by atoms with E-state index in [4.69, 9.17) is 0 Å². The first-order chi connectivity index (χ1) is 8.09. The van der Waals surface area contributed by atoms with Crippen molar-refractivity contribution in [2.45, 2.75) is 49.1 Å². The van der Waals surface area contributed by atoms with Crippen LogP contribution in [0, 0.1) is 6.92 Å². The van der Waals surface area contributed by atoms with E-state index in [9.17, 15) is 8.42 Å². The fourth-order valence-electron chi connectivity index (χ4n) is 3.95. The van der Waals surface area contributed by atoms with Gasteiger partial charge in [-0.15, -0.1) is 0 Å². The minimum Gasteiger partial charge on any atom is -0.207 e. The highest BCUT2D eigenvalue weighted by molar-refractivity contribution is 7.89. The molecule has 4 atom stereocenters. The molecule has 17 heavy (non-hydrogen) atoms. The molecule has 0 amide bonds. The van der Waals surface area contributed by atoms with Gasteiger partial charge in [-0.05, 0) is 37.8 Å². The van der Waals surface area contributed by atoms with Gasteiger partial charge in [-0.1, -0.05) is 17.7 Å². The van der Waals surface area contributed by atoms with Gasteiger partial charge >= 0.3 is 0 Å². The second-order valence-corrected chi connectivity index (χ2v) is 7.33. The van der Waals surface area contributed by atoms with E-state index in [0.29, 0.717) is 10.8 Å². The lowest BCUT2D eigenvalue weighted by molar-refractivity contribution is 0.376. The molecule has 2 fully saturated rings. The van der Waals surface area contributed by atoms with Crippen LogP contribution >= 0.6 is 0 Å². The van der Waals surface area contributed by atoms with Crippen LogP contribution in [0.15, 0.2) is 23.1 Å². The van der Waals surface area contributed by atoms with Crippen LogP contribution in [0.3, 0.4) is 0 Å². The minimum absolute atomic E-state index is 0.249. The Morgan fingerprint density at radius 2 is 2.12 bits per heavy atom. The number of rotatable bonds is 0. The van der Waals surface area contributed by atoms with Crippen molar-refractivity contribution in [2.24, 2.45) is 0 Å². The molecular weight excluding hydrogens is 234 g/mol.